The number of hydrazone groups is 1. The molecular formula is C14H14F6N4O2. The lowest BCUT2D eigenvalue weighted by molar-refractivity contribution is -0.302. The van der Waals surface area contributed by atoms with E-state index in [1.807, 2.05) is 0 Å². The van der Waals surface area contributed by atoms with Crippen molar-refractivity contribution in [2.45, 2.75) is 56.2 Å². The molecule has 2 aliphatic rings. The van der Waals surface area contributed by atoms with Gasteiger partial charge in [0, 0.05) is 24.2 Å². The molecule has 0 unspecified atom stereocenters. The summed E-state index contributed by atoms with van der Waals surface area (Å²) in [4.78, 5) is 12.5. The first-order chi connectivity index (χ1) is 11.9. The van der Waals surface area contributed by atoms with E-state index in [1.165, 1.54) is 0 Å². The first-order valence-electron chi connectivity index (χ1n) is 7.68. The van der Waals surface area contributed by atoms with Crippen LogP contribution in [-0.2, 0) is 11.0 Å². The zero-order chi connectivity index (χ0) is 19.5. The van der Waals surface area contributed by atoms with E-state index in [2.05, 4.69) is 10.2 Å². The number of hydrogen-bond donors (Lipinski definition) is 1. The highest BCUT2D eigenvalue weighted by Crippen LogP contribution is 2.44. The van der Waals surface area contributed by atoms with Gasteiger partial charge in [-0.1, -0.05) is 0 Å². The molecule has 12 heteroatoms. The van der Waals surface area contributed by atoms with E-state index in [0.717, 1.165) is 23.9 Å². The molecular weight excluding hydrogens is 370 g/mol. The Morgan fingerprint density at radius 1 is 1.31 bits per heavy atom. The van der Waals surface area contributed by atoms with Crippen molar-refractivity contribution in [2.24, 2.45) is 5.10 Å². The Hall–Kier alpha value is -2.11. The molecule has 144 valence electrons. The van der Waals surface area contributed by atoms with Crippen LogP contribution in [0.4, 0.5) is 26.3 Å². The second kappa shape index (κ2) is 5.69. The van der Waals surface area contributed by atoms with E-state index in [4.69, 9.17) is 0 Å². The molecule has 1 N–H and O–H groups in total. The lowest BCUT2D eigenvalue weighted by Gasteiger charge is -2.34. The smallest absolute Gasteiger partial charge is 0.362 e. The third kappa shape index (κ3) is 2.95. The highest BCUT2D eigenvalue weighted by Gasteiger charge is 2.62. The summed E-state index contributed by atoms with van der Waals surface area (Å²) < 4.78 is 78.9. The van der Waals surface area contributed by atoms with E-state index in [0.29, 0.717) is 12.8 Å². The molecule has 26 heavy (non-hydrogen) atoms. The summed E-state index contributed by atoms with van der Waals surface area (Å²) in [6.07, 6.45) is -8.98. The van der Waals surface area contributed by atoms with Crippen LogP contribution in [0.2, 0.25) is 0 Å². The second-order valence-electron chi connectivity index (χ2n) is 6.31. The minimum atomic E-state index is -5.18. The maximum Gasteiger partial charge on any atom is 0.438 e. The summed E-state index contributed by atoms with van der Waals surface area (Å²) in [6, 6.07) is -0.712. The van der Waals surface area contributed by atoms with Crippen LogP contribution >= 0.6 is 0 Å². The molecule has 0 saturated heterocycles. The largest absolute Gasteiger partial charge is 0.438 e. The summed E-state index contributed by atoms with van der Waals surface area (Å²) in [5.74, 6) is -1.55. The number of amides is 1. The standard InChI is InChI=1S/C14H14F6N4O2/c1-7(11(25)24-12(26,4-5-21-24)14(18,19)20)23-9(8-2-3-8)6-10(22-23)13(15,16)17/h5-8,26H,2-4H2,1H3/t7-,12+/m0/s1. The molecule has 0 bridgehead atoms. The molecule has 6 nitrogen and oxygen atoms in total. The van der Waals surface area contributed by atoms with E-state index < -0.39 is 42.1 Å². The van der Waals surface area contributed by atoms with E-state index in [9.17, 15) is 36.2 Å². The van der Waals surface area contributed by atoms with Crippen LogP contribution in [0.25, 0.3) is 0 Å². The highest BCUT2D eigenvalue weighted by atomic mass is 19.4. The Labute approximate surface area is 143 Å². The average Bonchev–Trinajstić information content (AvgIpc) is 3.11. The van der Waals surface area contributed by atoms with Crippen LogP contribution in [0.5, 0.6) is 0 Å². The monoisotopic (exact) mass is 384 g/mol. The van der Waals surface area contributed by atoms with Crippen molar-refractivity contribution < 1.29 is 36.2 Å². The highest BCUT2D eigenvalue weighted by molar-refractivity contribution is 5.83. The molecule has 1 aromatic rings. The van der Waals surface area contributed by atoms with Gasteiger partial charge in [-0.15, -0.1) is 0 Å². The maximum absolute atomic E-state index is 13.1. The van der Waals surface area contributed by atoms with Gasteiger partial charge in [-0.05, 0) is 25.8 Å². The van der Waals surface area contributed by atoms with Crippen molar-refractivity contribution in [1.29, 1.82) is 0 Å². The van der Waals surface area contributed by atoms with Gasteiger partial charge in [0.1, 0.15) is 6.04 Å². The van der Waals surface area contributed by atoms with Crippen molar-refractivity contribution >= 4 is 12.1 Å². The molecule has 1 aliphatic carbocycles. The molecule has 1 aromatic heterocycles. The van der Waals surface area contributed by atoms with E-state index >= 15 is 0 Å². The van der Waals surface area contributed by atoms with Crippen molar-refractivity contribution in [2.75, 3.05) is 0 Å². The Bertz CT molecular complexity index is 752. The molecule has 1 saturated carbocycles. The van der Waals surface area contributed by atoms with Crippen LogP contribution in [-0.4, -0.2) is 43.9 Å². The van der Waals surface area contributed by atoms with Gasteiger partial charge in [0.25, 0.3) is 11.6 Å². The molecule has 3 rings (SSSR count). The maximum atomic E-state index is 13.1. The predicted molar refractivity (Wildman–Crippen MR) is 74.9 cm³/mol. The zero-order valence-corrected chi connectivity index (χ0v) is 13.3. The topological polar surface area (TPSA) is 70.7 Å². The second-order valence-corrected chi connectivity index (χ2v) is 6.31. The molecule has 0 aromatic carbocycles. The fraction of sp³-hybridized carbons (Fsp3) is 0.643. The zero-order valence-electron chi connectivity index (χ0n) is 13.3. The quantitative estimate of drug-likeness (QED) is 0.815. The predicted octanol–water partition coefficient (Wildman–Crippen LogP) is 2.81. The van der Waals surface area contributed by atoms with Crippen LogP contribution in [0.1, 0.15) is 49.5 Å². The average molecular weight is 384 g/mol. The number of hydrogen-bond acceptors (Lipinski definition) is 4. The van der Waals surface area contributed by atoms with Gasteiger partial charge in [-0.3, -0.25) is 9.48 Å². The number of aliphatic hydroxyl groups is 1. The Kier molecular flexibility index (Phi) is 4.09. The fourth-order valence-corrected chi connectivity index (χ4v) is 2.73. The van der Waals surface area contributed by atoms with Crippen molar-refractivity contribution in [3.63, 3.8) is 0 Å². The number of carbonyl (C=O) groups is 1. The van der Waals surface area contributed by atoms with E-state index in [1.54, 1.807) is 0 Å². The Morgan fingerprint density at radius 3 is 2.42 bits per heavy atom. The lowest BCUT2D eigenvalue weighted by Crippen LogP contribution is -2.57. The summed E-state index contributed by atoms with van der Waals surface area (Å²) in [6.45, 7) is 1.12. The van der Waals surface area contributed by atoms with Crippen LogP contribution < -0.4 is 0 Å². The van der Waals surface area contributed by atoms with Gasteiger partial charge >= 0.3 is 12.4 Å². The lowest BCUT2D eigenvalue weighted by atomic mass is 10.1. The van der Waals surface area contributed by atoms with Crippen LogP contribution in [0.3, 0.4) is 0 Å². The SMILES string of the molecule is C[C@@H](C(=O)N1N=CC[C@@]1(O)C(F)(F)F)n1nc(C(F)(F)F)cc1C1CC1. The molecule has 0 radical (unpaired) electrons. The van der Waals surface area contributed by atoms with Crippen molar-refractivity contribution in [1.82, 2.24) is 14.8 Å². The van der Waals surface area contributed by atoms with Crippen molar-refractivity contribution in [3.05, 3.63) is 17.5 Å². The minimum absolute atomic E-state index is 0.122. The molecule has 2 atom stereocenters. The van der Waals surface area contributed by atoms with Gasteiger partial charge in [0.15, 0.2) is 5.69 Å². The van der Waals surface area contributed by atoms with Gasteiger partial charge < -0.3 is 5.11 Å². The van der Waals surface area contributed by atoms with Gasteiger partial charge in [-0.2, -0.15) is 41.6 Å². The van der Waals surface area contributed by atoms with Crippen LogP contribution in [0, 0.1) is 0 Å². The number of aromatic nitrogens is 2. The van der Waals surface area contributed by atoms with Crippen LogP contribution in [0.15, 0.2) is 11.2 Å². The van der Waals surface area contributed by atoms with Crippen molar-refractivity contribution in [3.8, 4) is 0 Å². The number of nitrogens with zero attached hydrogens (tertiary/aromatic N) is 4. The summed E-state index contributed by atoms with van der Waals surface area (Å²) in [5.41, 5.74) is -4.63. The molecule has 0 spiro atoms. The summed E-state index contributed by atoms with van der Waals surface area (Å²) >= 11 is 0. The molecule has 1 fully saturated rings. The van der Waals surface area contributed by atoms with E-state index in [-0.39, 0.29) is 16.6 Å². The Balaban J connectivity index is 1.94. The third-order valence-electron chi connectivity index (χ3n) is 4.36. The number of alkyl halides is 6. The summed E-state index contributed by atoms with van der Waals surface area (Å²) in [7, 11) is 0. The van der Waals surface area contributed by atoms with Gasteiger partial charge in [0.05, 0.1) is 0 Å². The first-order valence-corrected chi connectivity index (χ1v) is 7.68. The van der Waals surface area contributed by atoms with Gasteiger partial charge in [-0.25, -0.2) is 0 Å². The molecule has 2 heterocycles. The molecule has 1 aliphatic heterocycles. The first kappa shape index (κ1) is 18.7. The number of halogens is 6. The molecule has 1 amide bonds. The normalized spacial score (nSPS) is 25.0. The fourth-order valence-electron chi connectivity index (χ4n) is 2.73. The Morgan fingerprint density at radius 2 is 1.92 bits per heavy atom. The van der Waals surface area contributed by atoms with Gasteiger partial charge in [0.2, 0.25) is 0 Å². The summed E-state index contributed by atoms with van der Waals surface area (Å²) in [5, 5.41) is 16.3. The number of rotatable bonds is 3. The third-order valence-corrected chi connectivity index (χ3v) is 4.36. The number of carbonyl (C=O) groups excluding carboxylic acids is 1. The minimum Gasteiger partial charge on any atom is -0.362 e.